The molecule has 3 saturated heterocycles. The fraction of sp³-hybridized carbons (Fsp3) is 0.700. The first-order valence-electron chi connectivity index (χ1n) is 19.0. The highest BCUT2D eigenvalue weighted by Gasteiger charge is 2.71. The van der Waals surface area contributed by atoms with Crippen LogP contribution in [0.1, 0.15) is 83.5 Å². The number of ether oxygens (including phenoxy) is 1. The predicted octanol–water partition coefficient (Wildman–Crippen LogP) is 8.71. The number of hydrogen-bond acceptors (Lipinski definition) is 3. The molecule has 232 valence electrons. The van der Waals surface area contributed by atoms with Crippen LogP contribution in [0.3, 0.4) is 0 Å². The van der Waals surface area contributed by atoms with Crippen LogP contribution in [-0.4, -0.2) is 53.4 Å². The van der Waals surface area contributed by atoms with Crippen molar-refractivity contribution in [1.82, 2.24) is 0 Å². The van der Waals surface area contributed by atoms with Crippen molar-refractivity contribution in [3.63, 3.8) is 0 Å². The maximum Gasteiger partial charge on any atom is 0.0697 e. The zero-order valence-corrected chi connectivity index (χ0v) is 27.3. The summed E-state index contributed by atoms with van der Waals surface area (Å²) < 4.78 is 7.79. The number of benzene rings is 2. The van der Waals surface area contributed by atoms with Crippen LogP contribution in [0, 0.1) is 35.5 Å². The first-order chi connectivity index (χ1) is 21.9. The third-order valence-corrected chi connectivity index (χ3v) is 19.4. The number of nitrogens with zero attached hydrogens (tertiary/aromatic N) is 2. The minimum atomic E-state index is -0.0928. The molecule has 0 spiro atoms. The van der Waals surface area contributed by atoms with Crippen LogP contribution in [-0.2, 0) is 4.74 Å². The fourth-order valence-electron chi connectivity index (χ4n) is 14.5. The minimum absolute atomic E-state index is 0.0928. The van der Waals surface area contributed by atoms with Crippen LogP contribution in [0.4, 0.5) is 11.4 Å². The second kappa shape index (κ2) is 9.97. The Labute approximate surface area is 266 Å². The summed E-state index contributed by atoms with van der Waals surface area (Å²) in [5.74, 6) is 5.70. The van der Waals surface area contributed by atoms with Crippen molar-refractivity contribution in [2.45, 2.75) is 137 Å². The molecule has 16 atom stereocenters. The highest BCUT2D eigenvalue weighted by atomic mass is 31.1. The molecule has 0 bridgehead atoms. The summed E-state index contributed by atoms with van der Waals surface area (Å²) in [6.45, 7) is 0. The van der Waals surface area contributed by atoms with Gasteiger partial charge in [0.25, 0.3) is 0 Å². The van der Waals surface area contributed by atoms with Gasteiger partial charge in [-0.05, 0) is 124 Å². The molecule has 0 N–H and O–H groups in total. The first-order valence-corrected chi connectivity index (χ1v) is 20.5. The molecule has 0 aromatic heterocycles. The van der Waals surface area contributed by atoms with Gasteiger partial charge in [0.2, 0.25) is 0 Å². The van der Waals surface area contributed by atoms with Crippen molar-refractivity contribution in [3.05, 3.63) is 60.7 Å². The Morgan fingerprint density at radius 3 is 1.84 bits per heavy atom. The van der Waals surface area contributed by atoms with Gasteiger partial charge in [0.1, 0.15) is 0 Å². The second-order valence-corrected chi connectivity index (χ2v) is 19.4. The molecule has 9 aliphatic rings. The Hall–Kier alpha value is -1.57. The largest absolute Gasteiger partial charge is 0.373 e. The number of anilines is 2. The van der Waals surface area contributed by atoms with Crippen LogP contribution in [0.25, 0.3) is 0 Å². The van der Waals surface area contributed by atoms with Crippen LogP contribution in [0.2, 0.25) is 0 Å². The van der Waals surface area contributed by atoms with Gasteiger partial charge >= 0.3 is 0 Å². The van der Waals surface area contributed by atoms with Crippen molar-refractivity contribution in [2.24, 2.45) is 35.5 Å². The predicted molar refractivity (Wildman–Crippen MR) is 181 cm³/mol. The van der Waals surface area contributed by atoms with E-state index in [1.807, 2.05) is 0 Å². The van der Waals surface area contributed by atoms with E-state index >= 15 is 0 Å². The molecule has 6 aliphatic carbocycles. The molecule has 3 heterocycles. The summed E-state index contributed by atoms with van der Waals surface area (Å²) in [5, 5.41) is 0. The lowest BCUT2D eigenvalue weighted by Gasteiger charge is -2.75. The highest BCUT2D eigenvalue weighted by molar-refractivity contribution is 7.60. The molecular formula is C40H51N2OP. The number of para-hydroxylation sites is 2. The lowest BCUT2D eigenvalue weighted by molar-refractivity contribution is -0.169. The van der Waals surface area contributed by atoms with Gasteiger partial charge in [0.05, 0.1) is 12.2 Å². The molecule has 6 saturated carbocycles. The van der Waals surface area contributed by atoms with Crippen molar-refractivity contribution < 1.29 is 4.74 Å². The summed E-state index contributed by atoms with van der Waals surface area (Å²) in [4.78, 5) is 6.20. The Kier molecular flexibility index (Phi) is 6.00. The lowest BCUT2D eigenvalue weighted by atomic mass is 9.46. The van der Waals surface area contributed by atoms with Crippen LogP contribution >= 0.6 is 7.92 Å². The van der Waals surface area contributed by atoms with Crippen molar-refractivity contribution in [3.8, 4) is 0 Å². The average Bonchev–Trinajstić information content (AvgIpc) is 3.09. The Morgan fingerprint density at radius 1 is 0.523 bits per heavy atom. The smallest absolute Gasteiger partial charge is 0.0697 e. The van der Waals surface area contributed by atoms with E-state index in [0.29, 0.717) is 36.4 Å². The summed E-state index contributed by atoms with van der Waals surface area (Å²) in [5.41, 5.74) is 5.45. The zero-order valence-electron chi connectivity index (χ0n) is 26.4. The molecular weight excluding hydrogens is 555 g/mol. The molecule has 16 unspecified atom stereocenters. The van der Waals surface area contributed by atoms with Gasteiger partial charge < -0.3 is 14.5 Å². The van der Waals surface area contributed by atoms with Crippen LogP contribution in [0.5, 0.6) is 0 Å². The van der Waals surface area contributed by atoms with Crippen LogP contribution in [0.15, 0.2) is 60.7 Å². The first kappa shape index (κ1) is 26.5. The topological polar surface area (TPSA) is 15.7 Å². The van der Waals surface area contributed by atoms with Crippen molar-refractivity contribution in [2.75, 3.05) is 9.80 Å². The van der Waals surface area contributed by atoms with Gasteiger partial charge in [-0.25, -0.2) is 0 Å². The van der Waals surface area contributed by atoms with E-state index in [1.165, 1.54) is 89.2 Å². The summed E-state index contributed by atoms with van der Waals surface area (Å²) in [6, 6.07) is 26.5. The molecule has 44 heavy (non-hydrogen) atoms. The third-order valence-electron chi connectivity index (χ3n) is 15.4. The number of rotatable bonds is 2. The van der Waals surface area contributed by atoms with Crippen LogP contribution < -0.4 is 9.80 Å². The second-order valence-electron chi connectivity index (χ2n) is 16.7. The molecule has 4 heteroatoms. The van der Waals surface area contributed by atoms with Gasteiger partial charge in [0, 0.05) is 52.5 Å². The Morgan fingerprint density at radius 2 is 1.11 bits per heavy atom. The molecule has 0 amide bonds. The number of fused-ring (bicyclic) bond motifs is 2. The van der Waals surface area contributed by atoms with E-state index in [2.05, 4.69) is 70.5 Å². The van der Waals surface area contributed by atoms with E-state index in [4.69, 9.17) is 4.74 Å². The van der Waals surface area contributed by atoms with Gasteiger partial charge in [-0.3, -0.25) is 0 Å². The summed E-state index contributed by atoms with van der Waals surface area (Å²) >= 11 is 0. The Bertz CT molecular complexity index is 1380. The summed E-state index contributed by atoms with van der Waals surface area (Å²) in [6.07, 6.45) is 19.9. The molecule has 2 aromatic rings. The monoisotopic (exact) mass is 606 g/mol. The fourth-order valence-corrected chi connectivity index (χ4v) is 19.7. The molecule has 3 aliphatic heterocycles. The van der Waals surface area contributed by atoms with E-state index in [1.54, 1.807) is 5.69 Å². The SMILES string of the molecule is c1ccc(N2C3CCCC4OC5C6CCC7CCCC8CCC(C6C78)C6C5P(C43)C3C2CCCC3N6c2ccccc2)cc1. The van der Waals surface area contributed by atoms with E-state index in [9.17, 15) is 0 Å². The molecule has 2 aromatic carbocycles. The molecule has 9 fully saturated rings. The average molecular weight is 607 g/mol. The normalized spacial score (nSPS) is 51.2. The van der Waals surface area contributed by atoms with Crippen molar-refractivity contribution >= 4 is 19.3 Å². The van der Waals surface area contributed by atoms with E-state index < -0.39 is 0 Å². The summed E-state index contributed by atoms with van der Waals surface area (Å²) in [7, 11) is -0.0928. The minimum Gasteiger partial charge on any atom is -0.373 e. The Balaban J connectivity index is 1.11. The molecule has 0 radical (unpaired) electrons. The standard InChI is InChI=1S/C40H51N2OP/c1-3-12-26(13-4-1)41-30-16-8-17-31-38(30)44-39-32(41)18-9-19-33(39)43-37-29-23-21-25-11-7-10-24-20-22-28(35(29)34(24)25)36(40(37)44)42(31)27-14-5-2-6-15-27/h1-6,12-15,24-25,28-40H,7-11,16-23H2. The maximum atomic E-state index is 7.79. The van der Waals surface area contributed by atoms with E-state index in [0.717, 1.165) is 52.5 Å². The molecule has 11 rings (SSSR count). The quantitative estimate of drug-likeness (QED) is 0.318. The van der Waals surface area contributed by atoms with Gasteiger partial charge in [-0.1, -0.05) is 63.6 Å². The number of hydrogen-bond donors (Lipinski definition) is 0. The molecule has 3 nitrogen and oxygen atoms in total. The van der Waals surface area contributed by atoms with Gasteiger partial charge in [0.15, 0.2) is 0 Å². The maximum absolute atomic E-state index is 7.79. The van der Waals surface area contributed by atoms with Crippen molar-refractivity contribution in [1.29, 1.82) is 0 Å². The third kappa shape index (κ3) is 3.48. The lowest BCUT2D eigenvalue weighted by Crippen LogP contribution is -2.79. The zero-order chi connectivity index (χ0) is 28.5. The van der Waals surface area contributed by atoms with E-state index in [-0.39, 0.29) is 7.92 Å². The van der Waals surface area contributed by atoms with Gasteiger partial charge in [-0.2, -0.15) is 0 Å². The highest BCUT2D eigenvalue weighted by Crippen LogP contribution is 2.75. The van der Waals surface area contributed by atoms with Gasteiger partial charge in [-0.15, -0.1) is 0 Å².